The molecule has 0 bridgehead atoms. The normalized spacial score (nSPS) is 27.8. The Morgan fingerprint density at radius 3 is 2.48 bits per heavy atom. The largest absolute Gasteiger partial charge is 0.342 e. The third-order valence-corrected chi connectivity index (χ3v) is 6.66. The molecule has 0 spiro atoms. The molecule has 1 aliphatic carbocycles. The third-order valence-electron chi connectivity index (χ3n) is 6.66. The number of rotatable bonds is 5. The summed E-state index contributed by atoms with van der Waals surface area (Å²) in [5.74, 6) is 2.66. The molecule has 2 atom stereocenters. The first-order valence-electron chi connectivity index (χ1n) is 10.2. The molecule has 2 saturated heterocycles. The lowest BCUT2D eigenvalue weighted by molar-refractivity contribution is -0.131. The second kappa shape index (κ2) is 7.48. The molecule has 2 aliphatic heterocycles. The molecule has 2 unspecified atom stereocenters. The van der Waals surface area contributed by atoms with Crippen LogP contribution in [0.15, 0.2) is 12.4 Å². The number of aryl methyl sites for hydroxylation is 1. The Morgan fingerprint density at radius 2 is 1.84 bits per heavy atom. The SMILES string of the molecule is Cc1cnn(CCN2CCC(CC(=O)N3CC4CCCC4C3)CC2)c1. The van der Waals surface area contributed by atoms with E-state index in [0.717, 1.165) is 57.5 Å². The Balaban J connectivity index is 1.17. The van der Waals surface area contributed by atoms with Gasteiger partial charge in [0.25, 0.3) is 0 Å². The summed E-state index contributed by atoms with van der Waals surface area (Å²) in [6.07, 6.45) is 11.2. The number of amides is 1. The lowest BCUT2D eigenvalue weighted by Gasteiger charge is -2.32. The number of carbonyl (C=O) groups is 1. The van der Waals surface area contributed by atoms with Crippen LogP contribution in [0.3, 0.4) is 0 Å². The highest BCUT2D eigenvalue weighted by Gasteiger charge is 2.38. The Hall–Kier alpha value is -1.36. The van der Waals surface area contributed by atoms with Crippen LogP contribution in [0.2, 0.25) is 0 Å². The average Bonchev–Trinajstić information content (AvgIpc) is 3.30. The van der Waals surface area contributed by atoms with Crippen molar-refractivity contribution in [2.24, 2.45) is 17.8 Å². The van der Waals surface area contributed by atoms with Crippen molar-refractivity contribution in [1.29, 1.82) is 0 Å². The predicted octanol–water partition coefficient (Wildman–Crippen LogP) is 2.55. The van der Waals surface area contributed by atoms with Gasteiger partial charge in [0, 0.05) is 32.3 Å². The van der Waals surface area contributed by atoms with Crippen LogP contribution in [0.25, 0.3) is 0 Å². The molecular weight excluding hydrogens is 312 g/mol. The summed E-state index contributed by atoms with van der Waals surface area (Å²) in [5.41, 5.74) is 1.23. The third kappa shape index (κ3) is 4.08. The van der Waals surface area contributed by atoms with Crippen molar-refractivity contribution in [2.75, 3.05) is 32.7 Å². The second-order valence-corrected chi connectivity index (χ2v) is 8.52. The van der Waals surface area contributed by atoms with Crippen LogP contribution in [0.1, 0.15) is 44.1 Å². The van der Waals surface area contributed by atoms with Crippen molar-refractivity contribution in [1.82, 2.24) is 19.6 Å². The number of nitrogens with zero attached hydrogens (tertiary/aromatic N) is 4. The lowest BCUT2D eigenvalue weighted by atomic mass is 9.93. The minimum Gasteiger partial charge on any atom is -0.342 e. The fraction of sp³-hybridized carbons (Fsp3) is 0.800. The van der Waals surface area contributed by atoms with Crippen LogP contribution in [-0.2, 0) is 11.3 Å². The fourth-order valence-electron chi connectivity index (χ4n) is 5.06. The molecule has 3 fully saturated rings. The van der Waals surface area contributed by atoms with Crippen LogP contribution in [-0.4, -0.2) is 58.2 Å². The number of piperidine rings is 1. The van der Waals surface area contributed by atoms with Gasteiger partial charge in [-0.15, -0.1) is 0 Å². The minimum absolute atomic E-state index is 0.430. The molecule has 138 valence electrons. The summed E-state index contributed by atoms with van der Waals surface area (Å²) < 4.78 is 2.04. The summed E-state index contributed by atoms with van der Waals surface area (Å²) >= 11 is 0. The molecule has 0 N–H and O–H groups in total. The van der Waals surface area contributed by atoms with E-state index in [2.05, 4.69) is 28.0 Å². The van der Waals surface area contributed by atoms with Crippen LogP contribution < -0.4 is 0 Å². The lowest BCUT2D eigenvalue weighted by Crippen LogP contribution is -2.38. The number of carbonyl (C=O) groups excluding carboxylic acids is 1. The molecule has 5 heteroatoms. The van der Waals surface area contributed by atoms with Crippen LogP contribution >= 0.6 is 0 Å². The molecule has 25 heavy (non-hydrogen) atoms. The number of fused-ring (bicyclic) bond motifs is 1. The van der Waals surface area contributed by atoms with E-state index >= 15 is 0 Å². The summed E-state index contributed by atoms with van der Waals surface area (Å²) in [5, 5.41) is 4.36. The zero-order valence-electron chi connectivity index (χ0n) is 15.6. The van der Waals surface area contributed by atoms with E-state index in [0.29, 0.717) is 11.8 Å². The molecule has 1 saturated carbocycles. The first-order chi connectivity index (χ1) is 12.2. The molecule has 1 amide bonds. The van der Waals surface area contributed by atoms with E-state index in [9.17, 15) is 4.79 Å². The van der Waals surface area contributed by atoms with Gasteiger partial charge >= 0.3 is 0 Å². The van der Waals surface area contributed by atoms with E-state index in [-0.39, 0.29) is 0 Å². The summed E-state index contributed by atoms with van der Waals surface area (Å²) in [6, 6.07) is 0. The second-order valence-electron chi connectivity index (χ2n) is 8.52. The first-order valence-corrected chi connectivity index (χ1v) is 10.2. The quantitative estimate of drug-likeness (QED) is 0.824. The first kappa shape index (κ1) is 17.1. The minimum atomic E-state index is 0.430. The highest BCUT2D eigenvalue weighted by atomic mass is 16.2. The van der Waals surface area contributed by atoms with Gasteiger partial charge in [-0.2, -0.15) is 5.10 Å². The van der Waals surface area contributed by atoms with Crippen molar-refractivity contribution in [2.45, 2.75) is 52.0 Å². The molecule has 3 heterocycles. The van der Waals surface area contributed by atoms with E-state index in [4.69, 9.17) is 0 Å². The van der Waals surface area contributed by atoms with Crippen molar-refractivity contribution in [3.05, 3.63) is 18.0 Å². The summed E-state index contributed by atoms with van der Waals surface area (Å²) in [4.78, 5) is 17.3. The maximum Gasteiger partial charge on any atom is 0.222 e. The monoisotopic (exact) mass is 344 g/mol. The molecule has 4 rings (SSSR count). The number of hydrogen-bond donors (Lipinski definition) is 0. The predicted molar refractivity (Wildman–Crippen MR) is 98.2 cm³/mol. The van der Waals surface area contributed by atoms with Gasteiger partial charge in [-0.25, -0.2) is 0 Å². The Morgan fingerprint density at radius 1 is 1.12 bits per heavy atom. The molecule has 5 nitrogen and oxygen atoms in total. The van der Waals surface area contributed by atoms with Crippen molar-refractivity contribution in [3.63, 3.8) is 0 Å². The summed E-state index contributed by atoms with van der Waals surface area (Å²) in [7, 11) is 0. The number of hydrogen-bond acceptors (Lipinski definition) is 3. The average molecular weight is 345 g/mol. The van der Waals surface area contributed by atoms with Crippen molar-refractivity contribution in [3.8, 4) is 0 Å². The molecule has 0 aromatic carbocycles. The van der Waals surface area contributed by atoms with Gasteiger partial charge in [-0.05, 0) is 69.0 Å². The van der Waals surface area contributed by atoms with E-state index in [1.807, 2.05) is 10.9 Å². The molecule has 1 aromatic heterocycles. The zero-order chi connectivity index (χ0) is 17.2. The molecule has 1 aromatic rings. The topological polar surface area (TPSA) is 41.4 Å². The number of aromatic nitrogens is 2. The van der Waals surface area contributed by atoms with Crippen LogP contribution in [0, 0.1) is 24.7 Å². The summed E-state index contributed by atoms with van der Waals surface area (Å²) in [6.45, 7) is 8.47. The van der Waals surface area contributed by atoms with Crippen LogP contribution in [0.5, 0.6) is 0 Å². The maximum atomic E-state index is 12.6. The fourth-order valence-corrected chi connectivity index (χ4v) is 5.06. The highest BCUT2D eigenvalue weighted by Crippen LogP contribution is 2.38. The molecule has 0 radical (unpaired) electrons. The standard InChI is InChI=1S/C20H32N4O/c1-16-12-21-24(13-16)10-9-22-7-5-17(6-8-22)11-20(25)23-14-18-3-2-4-19(18)15-23/h12-13,17-19H,2-11,14-15H2,1H3. The molecule has 3 aliphatic rings. The molecular formula is C20H32N4O. The Labute approximate surface area is 151 Å². The van der Waals surface area contributed by atoms with Crippen LogP contribution in [0.4, 0.5) is 0 Å². The maximum absolute atomic E-state index is 12.6. The zero-order valence-corrected chi connectivity index (χ0v) is 15.6. The van der Waals surface area contributed by atoms with Gasteiger partial charge in [0.15, 0.2) is 0 Å². The Kier molecular flexibility index (Phi) is 5.11. The van der Waals surface area contributed by atoms with Gasteiger partial charge in [0.1, 0.15) is 0 Å². The highest BCUT2D eigenvalue weighted by molar-refractivity contribution is 5.76. The van der Waals surface area contributed by atoms with Gasteiger partial charge in [0.05, 0.1) is 12.7 Å². The van der Waals surface area contributed by atoms with E-state index in [1.54, 1.807) is 0 Å². The Bertz CT molecular complexity index is 578. The van der Waals surface area contributed by atoms with Gasteiger partial charge < -0.3 is 9.80 Å². The van der Waals surface area contributed by atoms with E-state index in [1.165, 1.54) is 37.7 Å². The number of likely N-dealkylation sites (tertiary alicyclic amines) is 2. The van der Waals surface area contributed by atoms with Gasteiger partial charge in [-0.3, -0.25) is 9.48 Å². The van der Waals surface area contributed by atoms with Gasteiger partial charge in [0.2, 0.25) is 5.91 Å². The van der Waals surface area contributed by atoms with E-state index < -0.39 is 0 Å². The van der Waals surface area contributed by atoms with Crippen molar-refractivity contribution < 1.29 is 4.79 Å². The van der Waals surface area contributed by atoms with Gasteiger partial charge in [-0.1, -0.05) is 6.42 Å². The van der Waals surface area contributed by atoms with Crippen molar-refractivity contribution >= 4 is 5.91 Å². The smallest absolute Gasteiger partial charge is 0.222 e.